The normalized spacial score (nSPS) is 10.7. The summed E-state index contributed by atoms with van der Waals surface area (Å²) >= 11 is 0. The summed E-state index contributed by atoms with van der Waals surface area (Å²) in [6.45, 7) is 4.45. The van der Waals surface area contributed by atoms with Crippen molar-refractivity contribution in [3.8, 4) is 0 Å². The predicted octanol–water partition coefficient (Wildman–Crippen LogP) is 2.96. The number of rotatable bonds is 6. The molecule has 0 bridgehead atoms. The molecule has 2 nitrogen and oxygen atoms in total. The van der Waals surface area contributed by atoms with E-state index in [0.29, 0.717) is 0 Å². The largest absolute Gasteiger partial charge is 0.388 e. The van der Waals surface area contributed by atoms with Crippen molar-refractivity contribution in [2.24, 2.45) is 0 Å². The molecule has 0 heterocycles. The third kappa shape index (κ3) is 4.34. The van der Waals surface area contributed by atoms with Crippen molar-refractivity contribution in [1.29, 1.82) is 0 Å². The molecule has 0 aliphatic heterocycles. The van der Waals surface area contributed by atoms with Gasteiger partial charge >= 0.3 is 0 Å². The first-order chi connectivity index (χ1) is 7.26. The second kappa shape index (κ2) is 6.46. The monoisotopic (exact) mass is 206 g/mol. The van der Waals surface area contributed by atoms with Crippen LogP contribution in [0.5, 0.6) is 0 Å². The molecule has 0 aliphatic carbocycles. The lowest BCUT2D eigenvalue weighted by atomic mass is 10.2. The van der Waals surface area contributed by atoms with E-state index in [0.717, 1.165) is 6.54 Å². The molecule has 84 valence electrons. The van der Waals surface area contributed by atoms with Gasteiger partial charge in [-0.05, 0) is 37.7 Å². The standard InChI is InChI=1S/C13H22N2/c1-4-5-9-15(3)11-12-7-6-8-13(10-12)14-2/h6-8,10,14H,4-5,9,11H2,1-3H3. The van der Waals surface area contributed by atoms with Crippen molar-refractivity contribution < 1.29 is 0 Å². The lowest BCUT2D eigenvalue weighted by Crippen LogP contribution is -2.18. The van der Waals surface area contributed by atoms with Crippen molar-refractivity contribution in [2.75, 3.05) is 26.0 Å². The molecule has 0 atom stereocenters. The minimum absolute atomic E-state index is 1.04. The van der Waals surface area contributed by atoms with Crippen LogP contribution in [-0.4, -0.2) is 25.5 Å². The van der Waals surface area contributed by atoms with Crippen LogP contribution in [0.3, 0.4) is 0 Å². The number of nitrogens with zero attached hydrogens (tertiary/aromatic N) is 1. The van der Waals surface area contributed by atoms with E-state index in [-0.39, 0.29) is 0 Å². The molecule has 1 aromatic carbocycles. The van der Waals surface area contributed by atoms with Gasteiger partial charge in [-0.25, -0.2) is 0 Å². The Labute approximate surface area is 93.3 Å². The van der Waals surface area contributed by atoms with Crippen molar-refractivity contribution >= 4 is 5.69 Å². The van der Waals surface area contributed by atoms with Gasteiger partial charge in [0.1, 0.15) is 0 Å². The summed E-state index contributed by atoms with van der Waals surface area (Å²) in [6.07, 6.45) is 2.54. The third-order valence-electron chi connectivity index (χ3n) is 2.56. The zero-order chi connectivity index (χ0) is 11.1. The molecule has 0 saturated carbocycles. The quantitative estimate of drug-likeness (QED) is 0.770. The van der Waals surface area contributed by atoms with Gasteiger partial charge in [0.2, 0.25) is 0 Å². The molecule has 0 aromatic heterocycles. The van der Waals surface area contributed by atoms with Crippen molar-refractivity contribution in [3.05, 3.63) is 29.8 Å². The van der Waals surface area contributed by atoms with Gasteiger partial charge in [-0.3, -0.25) is 0 Å². The van der Waals surface area contributed by atoms with Crippen LogP contribution in [0.15, 0.2) is 24.3 Å². The van der Waals surface area contributed by atoms with Crippen LogP contribution in [0.1, 0.15) is 25.3 Å². The highest BCUT2D eigenvalue weighted by Crippen LogP contribution is 2.11. The van der Waals surface area contributed by atoms with E-state index in [9.17, 15) is 0 Å². The van der Waals surface area contributed by atoms with E-state index >= 15 is 0 Å². The summed E-state index contributed by atoms with van der Waals surface area (Å²) in [5.41, 5.74) is 2.57. The fourth-order valence-corrected chi connectivity index (χ4v) is 1.64. The van der Waals surface area contributed by atoms with Crippen LogP contribution in [0.4, 0.5) is 5.69 Å². The van der Waals surface area contributed by atoms with Crippen molar-refractivity contribution in [2.45, 2.75) is 26.3 Å². The topological polar surface area (TPSA) is 15.3 Å². The van der Waals surface area contributed by atoms with Gasteiger partial charge in [-0.2, -0.15) is 0 Å². The Bertz CT molecular complexity index is 284. The Balaban J connectivity index is 2.48. The lowest BCUT2D eigenvalue weighted by molar-refractivity contribution is 0.321. The molecule has 1 rings (SSSR count). The van der Waals surface area contributed by atoms with Gasteiger partial charge in [-0.1, -0.05) is 25.5 Å². The van der Waals surface area contributed by atoms with E-state index < -0.39 is 0 Å². The second-order valence-electron chi connectivity index (χ2n) is 4.04. The molecule has 0 amide bonds. The minimum atomic E-state index is 1.04. The van der Waals surface area contributed by atoms with Crippen LogP contribution >= 0.6 is 0 Å². The Morgan fingerprint density at radius 2 is 2.13 bits per heavy atom. The van der Waals surface area contributed by atoms with Gasteiger partial charge in [0.05, 0.1) is 0 Å². The Morgan fingerprint density at radius 1 is 1.33 bits per heavy atom. The SMILES string of the molecule is CCCCN(C)Cc1cccc(NC)c1. The van der Waals surface area contributed by atoms with Gasteiger partial charge in [0.15, 0.2) is 0 Å². The maximum absolute atomic E-state index is 3.17. The number of hydrogen-bond donors (Lipinski definition) is 1. The molecule has 0 unspecified atom stereocenters. The first kappa shape index (κ1) is 12.1. The minimum Gasteiger partial charge on any atom is -0.388 e. The number of anilines is 1. The van der Waals surface area contributed by atoms with E-state index in [2.05, 4.69) is 48.5 Å². The number of benzene rings is 1. The van der Waals surface area contributed by atoms with Crippen LogP contribution in [-0.2, 0) is 6.54 Å². The van der Waals surface area contributed by atoms with Gasteiger partial charge in [0, 0.05) is 19.3 Å². The average Bonchev–Trinajstić information content (AvgIpc) is 2.26. The van der Waals surface area contributed by atoms with Crippen molar-refractivity contribution in [1.82, 2.24) is 4.90 Å². The molecule has 0 saturated heterocycles. The molecule has 2 heteroatoms. The Hall–Kier alpha value is -1.02. The van der Waals surface area contributed by atoms with Crippen molar-refractivity contribution in [3.63, 3.8) is 0 Å². The van der Waals surface area contributed by atoms with Gasteiger partial charge in [-0.15, -0.1) is 0 Å². The summed E-state index contributed by atoms with van der Waals surface area (Å²) in [7, 11) is 4.14. The molecule has 1 aromatic rings. The Kier molecular flexibility index (Phi) is 5.19. The lowest BCUT2D eigenvalue weighted by Gasteiger charge is -2.16. The summed E-state index contributed by atoms with van der Waals surface area (Å²) < 4.78 is 0. The number of unbranched alkanes of at least 4 members (excludes halogenated alkanes) is 1. The summed E-state index contributed by atoms with van der Waals surface area (Å²) in [4.78, 5) is 2.37. The van der Waals surface area contributed by atoms with Crippen LogP contribution in [0.25, 0.3) is 0 Å². The summed E-state index contributed by atoms with van der Waals surface area (Å²) in [5.74, 6) is 0. The smallest absolute Gasteiger partial charge is 0.0340 e. The molecule has 15 heavy (non-hydrogen) atoms. The average molecular weight is 206 g/mol. The van der Waals surface area contributed by atoms with E-state index in [4.69, 9.17) is 0 Å². The van der Waals surface area contributed by atoms with E-state index in [1.165, 1.54) is 30.6 Å². The highest BCUT2D eigenvalue weighted by Gasteiger charge is 2.00. The maximum atomic E-state index is 3.17. The van der Waals surface area contributed by atoms with Crippen LogP contribution < -0.4 is 5.32 Å². The summed E-state index contributed by atoms with van der Waals surface area (Å²) in [6, 6.07) is 8.59. The number of nitrogens with one attached hydrogen (secondary N) is 1. The molecule has 1 N–H and O–H groups in total. The van der Waals surface area contributed by atoms with Crippen LogP contribution in [0, 0.1) is 0 Å². The third-order valence-corrected chi connectivity index (χ3v) is 2.56. The van der Waals surface area contributed by atoms with Gasteiger partial charge in [0.25, 0.3) is 0 Å². The highest BCUT2D eigenvalue weighted by atomic mass is 15.1. The zero-order valence-corrected chi connectivity index (χ0v) is 10.1. The van der Waals surface area contributed by atoms with E-state index in [1.807, 2.05) is 7.05 Å². The second-order valence-corrected chi connectivity index (χ2v) is 4.04. The fraction of sp³-hybridized carbons (Fsp3) is 0.538. The van der Waals surface area contributed by atoms with Crippen LogP contribution in [0.2, 0.25) is 0 Å². The fourth-order valence-electron chi connectivity index (χ4n) is 1.64. The van der Waals surface area contributed by atoms with E-state index in [1.54, 1.807) is 0 Å². The zero-order valence-electron chi connectivity index (χ0n) is 10.1. The number of hydrogen-bond acceptors (Lipinski definition) is 2. The molecule has 0 radical (unpaired) electrons. The van der Waals surface area contributed by atoms with Gasteiger partial charge < -0.3 is 10.2 Å². The summed E-state index contributed by atoms with van der Waals surface area (Å²) in [5, 5.41) is 3.17. The molecule has 0 spiro atoms. The predicted molar refractivity (Wildman–Crippen MR) is 67.2 cm³/mol. The molecule has 0 fully saturated rings. The Morgan fingerprint density at radius 3 is 2.80 bits per heavy atom. The first-order valence-electron chi connectivity index (χ1n) is 5.71. The first-order valence-corrected chi connectivity index (χ1v) is 5.71. The maximum Gasteiger partial charge on any atom is 0.0340 e. The molecule has 0 aliphatic rings. The molecular formula is C13H22N2. The highest BCUT2D eigenvalue weighted by molar-refractivity contribution is 5.44. The molecular weight excluding hydrogens is 184 g/mol.